The molecule has 1 aromatic heterocycles. The van der Waals surface area contributed by atoms with E-state index < -0.39 is 0 Å². The zero-order valence-electron chi connectivity index (χ0n) is 5.46. The quantitative estimate of drug-likeness (QED) is 0.543. The van der Waals surface area contributed by atoms with E-state index in [2.05, 4.69) is 10.2 Å². The van der Waals surface area contributed by atoms with Gasteiger partial charge >= 0.3 is 0 Å². The fourth-order valence-corrected chi connectivity index (χ4v) is 0.684. The molecule has 0 aliphatic carbocycles. The third-order valence-corrected chi connectivity index (χ3v) is 1.08. The Morgan fingerprint density at radius 2 is 2.44 bits per heavy atom. The Labute approximate surface area is 55.7 Å². The van der Waals surface area contributed by atoms with Gasteiger partial charge in [-0.2, -0.15) is 0 Å². The maximum absolute atomic E-state index is 4.11. The predicted molar refractivity (Wildman–Crippen MR) is 39.6 cm³/mol. The maximum Gasteiger partial charge on any atom is 0.182 e. The van der Waals surface area contributed by atoms with Gasteiger partial charge < -0.3 is 5.23 Å². The summed E-state index contributed by atoms with van der Waals surface area (Å²) in [6.07, 6.45) is 1.80. The molecule has 0 fully saturated rings. The van der Waals surface area contributed by atoms with Crippen LogP contribution in [0.15, 0.2) is 24.4 Å². The zero-order chi connectivity index (χ0) is 6.53. The maximum atomic E-state index is 4.11. The van der Waals surface area contributed by atoms with Gasteiger partial charge in [-0.3, -0.25) is 4.98 Å². The molecule has 0 amide bonds. The van der Waals surface area contributed by atoms with Crippen LogP contribution >= 0.6 is 0 Å². The molecule has 1 rings (SSSR count). The monoisotopic (exact) mass is 120 g/mol. The summed E-state index contributed by atoms with van der Waals surface area (Å²) in [6, 6.07) is 5.90. The van der Waals surface area contributed by atoms with Crippen molar-refractivity contribution < 1.29 is 0 Å². The van der Waals surface area contributed by atoms with Gasteiger partial charge in [0, 0.05) is 12.7 Å². The lowest BCUT2D eigenvalue weighted by Gasteiger charge is -1.94. The van der Waals surface area contributed by atoms with Crippen molar-refractivity contribution in [1.29, 1.82) is 0 Å². The molecular weight excluding hydrogens is 111 g/mol. The van der Waals surface area contributed by atoms with Gasteiger partial charge in [0.2, 0.25) is 0 Å². The third-order valence-electron chi connectivity index (χ3n) is 1.08. The van der Waals surface area contributed by atoms with Crippen LogP contribution in [0, 0.1) is 0 Å². The molecule has 1 aromatic rings. The second-order valence-corrected chi connectivity index (χ2v) is 1.85. The van der Waals surface area contributed by atoms with E-state index in [1.165, 1.54) is 0 Å². The van der Waals surface area contributed by atoms with Crippen LogP contribution in [0.2, 0.25) is 0 Å². The van der Waals surface area contributed by atoms with Crippen molar-refractivity contribution >= 4 is 7.98 Å². The molecule has 0 saturated heterocycles. The van der Waals surface area contributed by atoms with Crippen LogP contribution in [-0.2, 0) is 6.54 Å². The van der Waals surface area contributed by atoms with Gasteiger partial charge in [-0.1, -0.05) is 6.07 Å². The second-order valence-electron chi connectivity index (χ2n) is 1.85. The van der Waals surface area contributed by atoms with Crippen LogP contribution < -0.4 is 5.23 Å². The van der Waals surface area contributed by atoms with E-state index >= 15 is 0 Å². The summed E-state index contributed by atoms with van der Waals surface area (Å²) < 4.78 is 0. The first-order chi connectivity index (χ1) is 4.43. The average Bonchev–Trinajstić information content (AvgIpc) is 1.91. The molecule has 0 aliphatic rings. The van der Waals surface area contributed by atoms with Crippen LogP contribution in [0.5, 0.6) is 0 Å². The Balaban J connectivity index is 2.61. The molecule has 0 aromatic carbocycles. The van der Waals surface area contributed by atoms with Gasteiger partial charge in [-0.25, -0.2) is 0 Å². The molecule has 0 unspecified atom stereocenters. The summed E-state index contributed by atoms with van der Waals surface area (Å²) >= 11 is 0. The number of aromatic nitrogens is 1. The molecule has 0 bridgehead atoms. The topological polar surface area (TPSA) is 24.9 Å². The van der Waals surface area contributed by atoms with Crippen LogP contribution in [0.3, 0.4) is 0 Å². The van der Waals surface area contributed by atoms with E-state index in [9.17, 15) is 0 Å². The first-order valence-electron chi connectivity index (χ1n) is 2.98. The molecule has 0 atom stereocenters. The first kappa shape index (κ1) is 6.30. The minimum absolute atomic E-state index is 0.848. The van der Waals surface area contributed by atoms with Crippen LogP contribution in [-0.4, -0.2) is 13.0 Å². The van der Waals surface area contributed by atoms with E-state index in [4.69, 9.17) is 0 Å². The van der Waals surface area contributed by atoms with Gasteiger partial charge in [-0.15, -0.1) is 0 Å². The third kappa shape index (κ3) is 1.86. The van der Waals surface area contributed by atoms with Gasteiger partial charge in [0.1, 0.15) is 0 Å². The Bertz CT molecular complexity index is 164. The number of hydrogen-bond donors (Lipinski definition) is 1. The molecule has 1 heterocycles. The molecule has 0 aliphatic heterocycles. The second kappa shape index (κ2) is 3.25. The first-order valence-corrected chi connectivity index (χ1v) is 2.98. The van der Waals surface area contributed by atoms with E-state index in [1.54, 1.807) is 6.20 Å². The lowest BCUT2D eigenvalue weighted by molar-refractivity contribution is 0.910. The fraction of sp³-hybridized carbons (Fsp3) is 0.167. The molecule has 0 radical (unpaired) electrons. The molecule has 1 N–H and O–H groups in total. The fourth-order valence-electron chi connectivity index (χ4n) is 0.684. The van der Waals surface area contributed by atoms with Gasteiger partial charge in [0.05, 0.1) is 5.69 Å². The summed E-state index contributed by atoms with van der Waals surface area (Å²) in [5.74, 6) is 0. The minimum atomic E-state index is 0.848. The molecule has 9 heavy (non-hydrogen) atoms. The van der Waals surface area contributed by atoms with E-state index in [0.29, 0.717) is 0 Å². The van der Waals surface area contributed by atoms with Gasteiger partial charge in [-0.05, 0) is 12.1 Å². The highest BCUT2D eigenvalue weighted by Crippen LogP contribution is 1.89. The molecule has 3 heteroatoms. The summed E-state index contributed by atoms with van der Waals surface area (Å²) in [5.41, 5.74) is 1.08. The molecule has 0 saturated carbocycles. The van der Waals surface area contributed by atoms with Gasteiger partial charge in [0.25, 0.3) is 0 Å². The lowest BCUT2D eigenvalue weighted by Crippen LogP contribution is -2.08. The predicted octanol–water partition coefficient (Wildman–Crippen LogP) is -0.281. The van der Waals surface area contributed by atoms with Crippen LogP contribution in [0.4, 0.5) is 0 Å². The average molecular weight is 120 g/mol. The summed E-state index contributed by atoms with van der Waals surface area (Å²) in [6.45, 7) is 0.848. The van der Waals surface area contributed by atoms with Crippen LogP contribution in [0.1, 0.15) is 5.69 Å². The standard InChI is InChI=1S/C6H9BN2/c7-9-5-6-3-1-2-4-8-6/h1-4,9H,5,7H2. The largest absolute Gasteiger partial charge is 0.357 e. The molecular formula is C6H9BN2. The molecule has 46 valence electrons. The van der Waals surface area contributed by atoms with E-state index in [-0.39, 0.29) is 0 Å². The highest BCUT2D eigenvalue weighted by molar-refractivity contribution is 6.04. The van der Waals surface area contributed by atoms with E-state index in [0.717, 1.165) is 12.2 Å². The number of nitrogens with zero attached hydrogens (tertiary/aromatic N) is 1. The van der Waals surface area contributed by atoms with Crippen molar-refractivity contribution in [2.24, 2.45) is 0 Å². The van der Waals surface area contributed by atoms with Crippen LogP contribution in [0.25, 0.3) is 0 Å². The Kier molecular flexibility index (Phi) is 2.27. The van der Waals surface area contributed by atoms with Crippen molar-refractivity contribution in [3.8, 4) is 0 Å². The Morgan fingerprint density at radius 1 is 1.56 bits per heavy atom. The van der Waals surface area contributed by atoms with Crippen molar-refractivity contribution in [2.75, 3.05) is 0 Å². The Hall–Kier alpha value is -0.825. The highest BCUT2D eigenvalue weighted by Gasteiger charge is 1.85. The lowest BCUT2D eigenvalue weighted by atomic mass is 10.3. The highest BCUT2D eigenvalue weighted by atomic mass is 14.8. The summed E-state index contributed by atoms with van der Waals surface area (Å²) in [7, 11) is 1.91. The van der Waals surface area contributed by atoms with Crippen molar-refractivity contribution in [3.05, 3.63) is 30.1 Å². The molecule has 0 spiro atoms. The number of nitrogens with one attached hydrogen (secondary N) is 1. The normalized spacial score (nSPS) is 9.33. The number of rotatable bonds is 2. The molecule has 2 nitrogen and oxygen atoms in total. The summed E-state index contributed by atoms with van der Waals surface area (Å²) in [4.78, 5) is 4.11. The number of hydrogen-bond acceptors (Lipinski definition) is 2. The Morgan fingerprint density at radius 3 is 3.00 bits per heavy atom. The van der Waals surface area contributed by atoms with E-state index in [1.807, 2.05) is 26.2 Å². The van der Waals surface area contributed by atoms with Crippen molar-refractivity contribution in [3.63, 3.8) is 0 Å². The van der Waals surface area contributed by atoms with Gasteiger partial charge in [0.15, 0.2) is 7.98 Å². The smallest absolute Gasteiger partial charge is 0.182 e. The summed E-state index contributed by atoms with van der Waals surface area (Å²) in [5, 5.41) is 3.02. The minimum Gasteiger partial charge on any atom is -0.357 e. The zero-order valence-corrected chi connectivity index (χ0v) is 5.46. The van der Waals surface area contributed by atoms with Crippen molar-refractivity contribution in [1.82, 2.24) is 10.2 Å². The SMILES string of the molecule is BNCc1ccccn1. The van der Waals surface area contributed by atoms with Crippen molar-refractivity contribution in [2.45, 2.75) is 6.54 Å². The number of pyridine rings is 1.